The molecule has 0 saturated carbocycles. The zero-order chi connectivity index (χ0) is 21.8. The zero-order valence-corrected chi connectivity index (χ0v) is 17.7. The van der Waals surface area contributed by atoms with E-state index >= 15 is 0 Å². The SMILES string of the molecule is COCn1c(-c2ccnc(NCC(C)OC)n2)c(-c2ccc(F)cc2)c2ncccc21. The Hall–Kier alpha value is -3.36. The fourth-order valence-corrected chi connectivity index (χ4v) is 3.49. The highest BCUT2D eigenvalue weighted by Crippen LogP contribution is 2.39. The van der Waals surface area contributed by atoms with Crippen molar-refractivity contribution in [2.45, 2.75) is 19.8 Å². The minimum absolute atomic E-state index is 0.0196. The number of nitrogens with zero attached hydrogens (tertiary/aromatic N) is 4. The topological polar surface area (TPSA) is 74.1 Å². The second-order valence-corrected chi connectivity index (χ2v) is 7.14. The van der Waals surface area contributed by atoms with E-state index in [0.29, 0.717) is 24.9 Å². The van der Waals surface area contributed by atoms with Crippen molar-refractivity contribution in [3.05, 3.63) is 60.7 Å². The Balaban J connectivity index is 1.91. The third kappa shape index (κ3) is 4.26. The van der Waals surface area contributed by atoms with E-state index in [0.717, 1.165) is 27.9 Å². The third-order valence-electron chi connectivity index (χ3n) is 5.06. The molecule has 1 atom stereocenters. The van der Waals surface area contributed by atoms with Crippen LogP contribution in [0, 0.1) is 5.82 Å². The number of halogens is 1. The molecule has 0 amide bonds. The van der Waals surface area contributed by atoms with Gasteiger partial charge in [0.25, 0.3) is 0 Å². The Morgan fingerprint density at radius 3 is 2.61 bits per heavy atom. The number of anilines is 1. The van der Waals surface area contributed by atoms with Crippen LogP contribution in [0.5, 0.6) is 0 Å². The van der Waals surface area contributed by atoms with Crippen molar-refractivity contribution in [3.63, 3.8) is 0 Å². The van der Waals surface area contributed by atoms with Crippen LogP contribution in [0.1, 0.15) is 6.92 Å². The Morgan fingerprint density at radius 1 is 1.06 bits per heavy atom. The van der Waals surface area contributed by atoms with Gasteiger partial charge in [0.15, 0.2) is 0 Å². The van der Waals surface area contributed by atoms with E-state index in [4.69, 9.17) is 14.5 Å². The van der Waals surface area contributed by atoms with Gasteiger partial charge in [-0.1, -0.05) is 12.1 Å². The summed E-state index contributed by atoms with van der Waals surface area (Å²) in [6, 6.07) is 12.1. The average Bonchev–Trinajstić information content (AvgIpc) is 3.13. The maximum Gasteiger partial charge on any atom is 0.223 e. The van der Waals surface area contributed by atoms with Crippen LogP contribution in [0.25, 0.3) is 33.5 Å². The predicted octanol–water partition coefficient (Wildman–Crippen LogP) is 4.35. The molecular weight excluding hydrogens is 397 g/mol. The lowest BCUT2D eigenvalue weighted by Gasteiger charge is -2.13. The first kappa shape index (κ1) is 20.9. The number of aromatic nitrogens is 4. The molecule has 1 unspecified atom stereocenters. The molecular formula is C23H24FN5O2. The molecule has 0 aliphatic heterocycles. The molecule has 0 saturated heterocycles. The van der Waals surface area contributed by atoms with Gasteiger partial charge in [0.1, 0.15) is 12.5 Å². The number of nitrogens with one attached hydrogen (secondary N) is 1. The second-order valence-electron chi connectivity index (χ2n) is 7.14. The van der Waals surface area contributed by atoms with Crippen molar-refractivity contribution in [2.24, 2.45) is 0 Å². The highest BCUT2D eigenvalue weighted by atomic mass is 19.1. The van der Waals surface area contributed by atoms with Crippen LogP contribution in [-0.2, 0) is 16.2 Å². The second kappa shape index (κ2) is 9.20. The summed E-state index contributed by atoms with van der Waals surface area (Å²) in [7, 11) is 3.30. The zero-order valence-electron chi connectivity index (χ0n) is 17.7. The molecule has 0 aliphatic carbocycles. The van der Waals surface area contributed by atoms with Crippen LogP contribution in [0.4, 0.5) is 10.3 Å². The highest BCUT2D eigenvalue weighted by molar-refractivity contribution is 6.01. The van der Waals surface area contributed by atoms with Crippen molar-refractivity contribution < 1.29 is 13.9 Å². The van der Waals surface area contributed by atoms with Gasteiger partial charge in [-0.05, 0) is 42.8 Å². The van der Waals surface area contributed by atoms with E-state index in [9.17, 15) is 4.39 Å². The summed E-state index contributed by atoms with van der Waals surface area (Å²) in [5.41, 5.74) is 4.94. The van der Waals surface area contributed by atoms with Gasteiger partial charge in [0.05, 0.1) is 28.5 Å². The fourth-order valence-electron chi connectivity index (χ4n) is 3.49. The minimum atomic E-state index is -0.292. The number of hydrogen-bond acceptors (Lipinski definition) is 6. The number of ether oxygens (including phenoxy) is 2. The number of methoxy groups -OCH3 is 2. The molecule has 4 rings (SSSR count). The summed E-state index contributed by atoms with van der Waals surface area (Å²) in [6.45, 7) is 2.85. The molecule has 3 aromatic heterocycles. The molecule has 0 fully saturated rings. The molecule has 0 radical (unpaired) electrons. The van der Waals surface area contributed by atoms with Crippen molar-refractivity contribution in [1.29, 1.82) is 0 Å². The summed E-state index contributed by atoms with van der Waals surface area (Å²) in [5.74, 6) is 0.202. The number of rotatable bonds is 8. The van der Waals surface area contributed by atoms with Crippen LogP contribution >= 0.6 is 0 Å². The van der Waals surface area contributed by atoms with Gasteiger partial charge in [0.2, 0.25) is 5.95 Å². The monoisotopic (exact) mass is 421 g/mol. The molecule has 8 heteroatoms. The van der Waals surface area contributed by atoms with Gasteiger partial charge < -0.3 is 19.4 Å². The molecule has 1 N–H and O–H groups in total. The number of fused-ring (bicyclic) bond motifs is 1. The summed E-state index contributed by atoms with van der Waals surface area (Å²) in [4.78, 5) is 13.7. The van der Waals surface area contributed by atoms with Gasteiger partial charge in [-0.2, -0.15) is 0 Å². The van der Waals surface area contributed by atoms with Crippen LogP contribution in [0.3, 0.4) is 0 Å². The van der Waals surface area contributed by atoms with Crippen molar-refractivity contribution in [3.8, 4) is 22.5 Å². The largest absolute Gasteiger partial charge is 0.380 e. The summed E-state index contributed by atoms with van der Waals surface area (Å²) < 4.78 is 26.4. The predicted molar refractivity (Wildman–Crippen MR) is 118 cm³/mol. The molecule has 7 nitrogen and oxygen atoms in total. The van der Waals surface area contributed by atoms with Crippen LogP contribution in [-0.4, -0.2) is 46.4 Å². The minimum Gasteiger partial charge on any atom is -0.380 e. The fraction of sp³-hybridized carbons (Fsp3) is 0.261. The number of benzene rings is 1. The molecule has 0 spiro atoms. The third-order valence-corrected chi connectivity index (χ3v) is 5.06. The first-order valence-electron chi connectivity index (χ1n) is 9.94. The smallest absolute Gasteiger partial charge is 0.223 e. The van der Waals surface area contributed by atoms with E-state index in [2.05, 4.69) is 15.3 Å². The van der Waals surface area contributed by atoms with Crippen molar-refractivity contribution in [1.82, 2.24) is 19.5 Å². The van der Waals surface area contributed by atoms with E-state index in [1.165, 1.54) is 12.1 Å². The van der Waals surface area contributed by atoms with Gasteiger partial charge >= 0.3 is 0 Å². The van der Waals surface area contributed by atoms with Crippen molar-refractivity contribution >= 4 is 17.0 Å². The standard InChI is InChI=1S/C23H24FN5O2/c1-15(31-3)13-27-23-26-12-10-18(28-23)22-20(16-6-8-17(24)9-7-16)21-19(5-4-11-25-21)29(22)14-30-2/h4-12,15H,13-14H2,1-3H3,(H,26,27,28). The van der Waals surface area contributed by atoms with E-state index in [-0.39, 0.29) is 11.9 Å². The molecule has 1 aromatic carbocycles. The molecule has 0 aliphatic rings. The number of pyridine rings is 1. The first-order valence-corrected chi connectivity index (χ1v) is 9.94. The quantitative estimate of drug-likeness (QED) is 0.456. The lowest BCUT2D eigenvalue weighted by molar-refractivity contribution is 0.128. The van der Waals surface area contributed by atoms with E-state index < -0.39 is 0 Å². The molecule has 160 valence electrons. The van der Waals surface area contributed by atoms with E-state index in [1.807, 2.05) is 29.7 Å². The number of hydrogen-bond donors (Lipinski definition) is 1. The maximum absolute atomic E-state index is 13.6. The Labute approximate surface area is 179 Å². The van der Waals surface area contributed by atoms with Crippen LogP contribution < -0.4 is 5.32 Å². The summed E-state index contributed by atoms with van der Waals surface area (Å²) in [5, 5.41) is 3.20. The van der Waals surface area contributed by atoms with Gasteiger partial charge in [-0.25, -0.2) is 14.4 Å². The van der Waals surface area contributed by atoms with Crippen molar-refractivity contribution in [2.75, 3.05) is 26.1 Å². The average molecular weight is 421 g/mol. The Morgan fingerprint density at radius 2 is 1.87 bits per heavy atom. The lowest BCUT2D eigenvalue weighted by Crippen LogP contribution is -2.19. The maximum atomic E-state index is 13.6. The van der Waals surface area contributed by atoms with Gasteiger partial charge in [-0.3, -0.25) is 4.98 Å². The van der Waals surface area contributed by atoms with Gasteiger partial charge in [-0.15, -0.1) is 0 Å². The normalized spacial score (nSPS) is 12.3. The van der Waals surface area contributed by atoms with Crippen LogP contribution in [0.2, 0.25) is 0 Å². The highest BCUT2D eigenvalue weighted by Gasteiger charge is 2.22. The Kier molecular flexibility index (Phi) is 6.20. The molecule has 31 heavy (non-hydrogen) atoms. The Bertz CT molecular complexity index is 1180. The summed E-state index contributed by atoms with van der Waals surface area (Å²) >= 11 is 0. The van der Waals surface area contributed by atoms with E-state index in [1.54, 1.807) is 38.7 Å². The lowest BCUT2D eigenvalue weighted by atomic mass is 10.0. The molecule has 0 bridgehead atoms. The van der Waals surface area contributed by atoms with Crippen LogP contribution in [0.15, 0.2) is 54.9 Å². The first-order chi connectivity index (χ1) is 15.1. The summed E-state index contributed by atoms with van der Waals surface area (Å²) in [6.07, 6.45) is 3.47. The van der Waals surface area contributed by atoms with Gasteiger partial charge in [0, 0.05) is 38.7 Å². The molecule has 3 heterocycles. The molecule has 4 aromatic rings.